The number of likely N-dealkylation sites (N-methyl/N-ethyl adjacent to an activating group) is 1. The molecule has 94 valence electrons. The maximum absolute atomic E-state index is 11.9. The van der Waals surface area contributed by atoms with E-state index in [9.17, 15) is 9.59 Å². The molecule has 17 heavy (non-hydrogen) atoms. The Morgan fingerprint density at radius 1 is 1.53 bits per heavy atom. The number of carbonyl (C=O) groups is 2. The molecule has 0 aliphatic heterocycles. The number of nitrogens with zero attached hydrogens (tertiary/aromatic N) is 2. The van der Waals surface area contributed by atoms with Gasteiger partial charge in [0.2, 0.25) is 0 Å². The van der Waals surface area contributed by atoms with Gasteiger partial charge >= 0.3 is 5.97 Å². The fourth-order valence-electron chi connectivity index (χ4n) is 1.58. The van der Waals surface area contributed by atoms with E-state index in [1.165, 1.54) is 24.2 Å². The second-order valence-electron chi connectivity index (χ2n) is 4.37. The van der Waals surface area contributed by atoms with Crippen molar-refractivity contribution in [3.63, 3.8) is 0 Å². The third-order valence-corrected chi connectivity index (χ3v) is 2.50. The van der Waals surface area contributed by atoms with Gasteiger partial charge in [-0.1, -0.05) is 13.8 Å². The van der Waals surface area contributed by atoms with Crippen LogP contribution in [0.25, 0.3) is 0 Å². The average molecular weight is 239 g/mol. The van der Waals surface area contributed by atoms with Crippen LogP contribution >= 0.6 is 0 Å². The highest BCUT2D eigenvalue weighted by atomic mass is 16.4. The SMILES string of the molecule is CC(C)CC(C(=O)O)N(C)C(=O)c1ccn[nH]1. The van der Waals surface area contributed by atoms with E-state index in [-0.39, 0.29) is 11.8 Å². The predicted octanol–water partition coefficient (Wildman–Crippen LogP) is 0.981. The molecule has 0 bridgehead atoms. The summed E-state index contributed by atoms with van der Waals surface area (Å²) in [6.45, 7) is 3.84. The van der Waals surface area contributed by atoms with Crippen LogP contribution in [0.4, 0.5) is 0 Å². The van der Waals surface area contributed by atoms with E-state index in [4.69, 9.17) is 5.11 Å². The standard InChI is InChI=1S/C11H17N3O3/c1-7(2)6-9(11(16)17)14(3)10(15)8-4-5-12-13-8/h4-5,7,9H,6H2,1-3H3,(H,12,13)(H,16,17). The normalized spacial score (nSPS) is 12.5. The summed E-state index contributed by atoms with van der Waals surface area (Å²) in [4.78, 5) is 24.3. The smallest absolute Gasteiger partial charge is 0.326 e. The lowest BCUT2D eigenvalue weighted by atomic mass is 10.0. The highest BCUT2D eigenvalue weighted by molar-refractivity contribution is 5.94. The molecule has 0 aliphatic carbocycles. The van der Waals surface area contributed by atoms with Crippen LogP contribution < -0.4 is 0 Å². The number of H-pyrrole nitrogens is 1. The van der Waals surface area contributed by atoms with Gasteiger partial charge in [0, 0.05) is 13.2 Å². The number of carbonyl (C=O) groups excluding carboxylic acids is 1. The van der Waals surface area contributed by atoms with E-state index >= 15 is 0 Å². The molecular formula is C11H17N3O3. The number of nitrogens with one attached hydrogen (secondary N) is 1. The number of aliphatic carboxylic acids is 1. The molecule has 1 atom stereocenters. The molecule has 0 aliphatic rings. The highest BCUT2D eigenvalue weighted by Crippen LogP contribution is 2.13. The van der Waals surface area contributed by atoms with Gasteiger partial charge in [0.15, 0.2) is 0 Å². The summed E-state index contributed by atoms with van der Waals surface area (Å²) >= 11 is 0. The molecule has 0 saturated heterocycles. The van der Waals surface area contributed by atoms with Crippen molar-refractivity contribution in [3.8, 4) is 0 Å². The van der Waals surface area contributed by atoms with Crippen molar-refractivity contribution >= 4 is 11.9 Å². The van der Waals surface area contributed by atoms with Crippen LogP contribution in [-0.4, -0.2) is 45.2 Å². The first-order valence-electron chi connectivity index (χ1n) is 5.42. The first-order chi connectivity index (χ1) is 7.93. The number of hydrogen-bond acceptors (Lipinski definition) is 3. The topological polar surface area (TPSA) is 86.3 Å². The Hall–Kier alpha value is -1.85. The third kappa shape index (κ3) is 3.30. The van der Waals surface area contributed by atoms with E-state index in [0.717, 1.165) is 0 Å². The molecule has 6 heteroatoms. The van der Waals surface area contributed by atoms with Crippen LogP contribution in [0.2, 0.25) is 0 Å². The number of amides is 1. The Balaban J connectivity index is 2.81. The molecule has 6 nitrogen and oxygen atoms in total. The maximum atomic E-state index is 11.9. The van der Waals surface area contributed by atoms with Crippen molar-refractivity contribution in [2.45, 2.75) is 26.3 Å². The lowest BCUT2D eigenvalue weighted by Gasteiger charge is -2.25. The quantitative estimate of drug-likeness (QED) is 0.802. The first kappa shape index (κ1) is 13.2. The average Bonchev–Trinajstić information content (AvgIpc) is 2.76. The Bertz CT molecular complexity index is 387. The molecule has 1 aromatic rings. The molecule has 0 fully saturated rings. The highest BCUT2D eigenvalue weighted by Gasteiger charge is 2.28. The van der Waals surface area contributed by atoms with Gasteiger partial charge in [-0.25, -0.2) is 4.79 Å². The van der Waals surface area contributed by atoms with E-state index in [2.05, 4.69) is 10.2 Å². The number of aromatic amines is 1. The van der Waals surface area contributed by atoms with Crippen molar-refractivity contribution in [1.29, 1.82) is 0 Å². The molecule has 1 heterocycles. The number of aromatic nitrogens is 2. The fourth-order valence-corrected chi connectivity index (χ4v) is 1.58. The van der Waals surface area contributed by atoms with Crippen molar-refractivity contribution in [1.82, 2.24) is 15.1 Å². The molecule has 2 N–H and O–H groups in total. The minimum Gasteiger partial charge on any atom is -0.480 e. The molecule has 0 radical (unpaired) electrons. The van der Waals surface area contributed by atoms with Crippen LogP contribution in [0, 0.1) is 5.92 Å². The van der Waals surface area contributed by atoms with Gasteiger partial charge in [0.25, 0.3) is 5.91 Å². The fraction of sp³-hybridized carbons (Fsp3) is 0.545. The second-order valence-corrected chi connectivity index (χ2v) is 4.37. The van der Waals surface area contributed by atoms with Crippen LogP contribution in [-0.2, 0) is 4.79 Å². The lowest BCUT2D eigenvalue weighted by Crippen LogP contribution is -2.43. The summed E-state index contributed by atoms with van der Waals surface area (Å²) in [5, 5.41) is 15.3. The van der Waals surface area contributed by atoms with Gasteiger partial charge < -0.3 is 10.0 Å². The van der Waals surface area contributed by atoms with Crippen LogP contribution in [0.3, 0.4) is 0 Å². The Kier molecular flexibility index (Phi) is 4.25. The van der Waals surface area contributed by atoms with Gasteiger partial charge in [0.1, 0.15) is 11.7 Å². The van der Waals surface area contributed by atoms with E-state index in [0.29, 0.717) is 12.1 Å². The van der Waals surface area contributed by atoms with Crippen LogP contribution in [0.1, 0.15) is 30.8 Å². The zero-order valence-electron chi connectivity index (χ0n) is 10.2. The van der Waals surface area contributed by atoms with Gasteiger partial charge in [-0.2, -0.15) is 5.10 Å². The van der Waals surface area contributed by atoms with Crippen molar-refractivity contribution in [2.75, 3.05) is 7.05 Å². The van der Waals surface area contributed by atoms with Gasteiger partial charge in [0.05, 0.1) is 0 Å². The van der Waals surface area contributed by atoms with Crippen molar-refractivity contribution in [3.05, 3.63) is 18.0 Å². The van der Waals surface area contributed by atoms with E-state index in [1.54, 1.807) is 0 Å². The largest absolute Gasteiger partial charge is 0.480 e. The maximum Gasteiger partial charge on any atom is 0.326 e. The summed E-state index contributed by atoms with van der Waals surface area (Å²) in [7, 11) is 1.49. The Morgan fingerprint density at radius 3 is 2.59 bits per heavy atom. The summed E-state index contributed by atoms with van der Waals surface area (Å²) in [6.07, 6.45) is 1.88. The monoisotopic (exact) mass is 239 g/mol. The molecule has 0 spiro atoms. The van der Waals surface area contributed by atoms with E-state index < -0.39 is 12.0 Å². The summed E-state index contributed by atoms with van der Waals surface area (Å²) < 4.78 is 0. The number of carboxylic acid groups (broad SMARTS) is 1. The predicted molar refractivity (Wildman–Crippen MR) is 61.6 cm³/mol. The van der Waals surface area contributed by atoms with Gasteiger partial charge in [-0.05, 0) is 18.4 Å². The molecule has 1 amide bonds. The number of carboxylic acids is 1. The van der Waals surface area contributed by atoms with E-state index in [1.807, 2.05) is 13.8 Å². The number of hydrogen-bond donors (Lipinski definition) is 2. The molecule has 0 saturated carbocycles. The minimum absolute atomic E-state index is 0.202. The van der Waals surface area contributed by atoms with Crippen LogP contribution in [0.5, 0.6) is 0 Å². The summed E-state index contributed by atoms with van der Waals surface area (Å²) in [6, 6.07) is 0.707. The molecule has 0 aromatic carbocycles. The lowest BCUT2D eigenvalue weighted by molar-refractivity contribution is -0.142. The zero-order valence-corrected chi connectivity index (χ0v) is 10.2. The number of rotatable bonds is 5. The Labute approximate surface area is 99.6 Å². The Morgan fingerprint density at radius 2 is 2.18 bits per heavy atom. The second kappa shape index (κ2) is 5.47. The van der Waals surface area contributed by atoms with Gasteiger partial charge in [-0.3, -0.25) is 9.89 Å². The molecule has 1 aromatic heterocycles. The summed E-state index contributed by atoms with van der Waals surface area (Å²) in [5.74, 6) is -1.15. The zero-order chi connectivity index (χ0) is 13.0. The van der Waals surface area contributed by atoms with Crippen molar-refractivity contribution in [2.24, 2.45) is 5.92 Å². The minimum atomic E-state index is -0.992. The van der Waals surface area contributed by atoms with Crippen molar-refractivity contribution < 1.29 is 14.7 Å². The van der Waals surface area contributed by atoms with Gasteiger partial charge in [-0.15, -0.1) is 0 Å². The molecule has 1 unspecified atom stereocenters. The summed E-state index contributed by atoms with van der Waals surface area (Å²) in [5.41, 5.74) is 0.294. The third-order valence-electron chi connectivity index (χ3n) is 2.50. The van der Waals surface area contributed by atoms with Crippen LogP contribution in [0.15, 0.2) is 12.3 Å². The first-order valence-corrected chi connectivity index (χ1v) is 5.42. The molecular weight excluding hydrogens is 222 g/mol. The molecule has 1 rings (SSSR count).